The second-order valence-electron chi connectivity index (χ2n) is 5.68. The van der Waals surface area contributed by atoms with Gasteiger partial charge in [-0.2, -0.15) is 0 Å². The van der Waals surface area contributed by atoms with Gasteiger partial charge in [0.1, 0.15) is 22.4 Å². The van der Waals surface area contributed by atoms with Crippen molar-refractivity contribution >= 4 is 27.6 Å². The molecule has 0 aromatic carbocycles. The predicted molar refractivity (Wildman–Crippen MR) is 88.2 cm³/mol. The monoisotopic (exact) mass is 340 g/mol. The highest BCUT2D eigenvalue weighted by atomic mass is 79.9. The molecule has 1 aliphatic carbocycles. The normalized spacial score (nSPS) is 23.1. The highest BCUT2D eigenvalue weighted by Gasteiger charge is 2.21. The summed E-state index contributed by atoms with van der Waals surface area (Å²) < 4.78 is 0.949. The van der Waals surface area contributed by atoms with Gasteiger partial charge in [0.05, 0.1) is 0 Å². The number of nitrogens with zero attached hydrogens (tertiary/aromatic N) is 2. The Hall–Kier alpha value is -0.840. The third-order valence-corrected chi connectivity index (χ3v) is 4.77. The van der Waals surface area contributed by atoms with Crippen LogP contribution in [0.2, 0.25) is 0 Å². The van der Waals surface area contributed by atoms with E-state index in [1.54, 1.807) is 6.33 Å². The van der Waals surface area contributed by atoms with Gasteiger partial charge in [-0.1, -0.05) is 33.1 Å². The maximum absolute atomic E-state index is 4.40. The van der Waals surface area contributed by atoms with Crippen LogP contribution in [0.25, 0.3) is 0 Å². The maximum Gasteiger partial charge on any atom is 0.146 e. The lowest BCUT2D eigenvalue weighted by Crippen LogP contribution is -2.27. The molecule has 0 saturated heterocycles. The van der Waals surface area contributed by atoms with Crippen molar-refractivity contribution in [2.24, 2.45) is 5.92 Å². The summed E-state index contributed by atoms with van der Waals surface area (Å²) >= 11 is 3.63. The summed E-state index contributed by atoms with van der Waals surface area (Å²) in [6.45, 7) is 5.41. The zero-order chi connectivity index (χ0) is 14.4. The lowest BCUT2D eigenvalue weighted by molar-refractivity contribution is 0.455. The number of rotatable bonds is 5. The van der Waals surface area contributed by atoms with Gasteiger partial charge in [-0.25, -0.2) is 9.97 Å². The molecule has 1 heterocycles. The Balaban J connectivity index is 2.07. The first-order valence-electron chi connectivity index (χ1n) is 7.73. The Bertz CT molecular complexity index is 424. The molecule has 0 spiro atoms. The SMILES string of the molecule is CCCNc1ncnc(NC2CCCCCC2C)c1Br. The zero-order valence-corrected chi connectivity index (χ0v) is 14.0. The van der Waals surface area contributed by atoms with Crippen LogP contribution < -0.4 is 10.6 Å². The largest absolute Gasteiger partial charge is 0.369 e. The summed E-state index contributed by atoms with van der Waals surface area (Å²) in [6.07, 6.45) is 9.28. The van der Waals surface area contributed by atoms with Crippen molar-refractivity contribution in [2.45, 2.75) is 58.4 Å². The van der Waals surface area contributed by atoms with E-state index in [1.807, 2.05) is 0 Å². The Labute approximate surface area is 130 Å². The highest BCUT2D eigenvalue weighted by molar-refractivity contribution is 9.10. The van der Waals surface area contributed by atoms with Crippen LogP contribution in [0.5, 0.6) is 0 Å². The molecule has 20 heavy (non-hydrogen) atoms. The molecule has 1 aliphatic rings. The first-order chi connectivity index (χ1) is 9.72. The summed E-state index contributed by atoms with van der Waals surface area (Å²) in [5.74, 6) is 2.49. The van der Waals surface area contributed by atoms with E-state index in [9.17, 15) is 0 Å². The summed E-state index contributed by atoms with van der Waals surface area (Å²) in [6, 6.07) is 0.516. The molecular weight excluding hydrogens is 316 g/mol. The number of nitrogens with one attached hydrogen (secondary N) is 2. The van der Waals surface area contributed by atoms with Crippen LogP contribution in [-0.4, -0.2) is 22.6 Å². The highest BCUT2D eigenvalue weighted by Crippen LogP contribution is 2.30. The minimum absolute atomic E-state index is 0.516. The predicted octanol–water partition coefficient (Wildman–Crippen LogP) is 4.44. The number of halogens is 1. The van der Waals surface area contributed by atoms with Gasteiger partial charge in [0.25, 0.3) is 0 Å². The van der Waals surface area contributed by atoms with Crippen molar-refractivity contribution in [2.75, 3.05) is 17.2 Å². The van der Waals surface area contributed by atoms with Gasteiger partial charge in [-0.05, 0) is 41.1 Å². The molecule has 112 valence electrons. The van der Waals surface area contributed by atoms with Crippen LogP contribution in [0, 0.1) is 5.92 Å². The van der Waals surface area contributed by atoms with Crippen molar-refractivity contribution in [1.82, 2.24) is 9.97 Å². The van der Waals surface area contributed by atoms with Crippen molar-refractivity contribution in [3.05, 3.63) is 10.8 Å². The number of anilines is 2. The van der Waals surface area contributed by atoms with E-state index in [2.05, 4.69) is 50.4 Å². The molecule has 1 aromatic rings. The minimum Gasteiger partial charge on any atom is -0.369 e. The van der Waals surface area contributed by atoms with E-state index in [1.165, 1.54) is 32.1 Å². The molecule has 2 unspecified atom stereocenters. The fourth-order valence-electron chi connectivity index (χ4n) is 2.72. The van der Waals surface area contributed by atoms with E-state index >= 15 is 0 Å². The van der Waals surface area contributed by atoms with Crippen LogP contribution in [0.1, 0.15) is 52.4 Å². The maximum atomic E-state index is 4.40. The van der Waals surface area contributed by atoms with Gasteiger partial charge >= 0.3 is 0 Å². The molecule has 1 aromatic heterocycles. The summed E-state index contributed by atoms with van der Waals surface area (Å²) in [4.78, 5) is 8.70. The zero-order valence-electron chi connectivity index (χ0n) is 12.5. The second-order valence-corrected chi connectivity index (χ2v) is 6.47. The van der Waals surface area contributed by atoms with E-state index in [-0.39, 0.29) is 0 Å². The Morgan fingerprint density at radius 1 is 1.20 bits per heavy atom. The summed E-state index contributed by atoms with van der Waals surface area (Å²) in [7, 11) is 0. The standard InChI is InChI=1S/C15H25BrN4/c1-3-9-17-14-13(16)15(19-10-18-14)20-12-8-6-4-5-7-11(12)2/h10-12H,3-9H2,1-2H3,(H2,17,18,19,20). The topological polar surface area (TPSA) is 49.8 Å². The molecule has 1 saturated carbocycles. The van der Waals surface area contributed by atoms with Gasteiger partial charge in [-0.15, -0.1) is 0 Å². The van der Waals surface area contributed by atoms with E-state index in [0.717, 1.165) is 29.1 Å². The van der Waals surface area contributed by atoms with Crippen LogP contribution in [0.15, 0.2) is 10.8 Å². The number of hydrogen-bond donors (Lipinski definition) is 2. The summed E-state index contributed by atoms with van der Waals surface area (Å²) in [5, 5.41) is 6.94. The van der Waals surface area contributed by atoms with Crippen molar-refractivity contribution < 1.29 is 0 Å². The van der Waals surface area contributed by atoms with Gasteiger partial charge in [0.2, 0.25) is 0 Å². The molecule has 2 rings (SSSR count). The third kappa shape index (κ3) is 4.08. The second kappa shape index (κ2) is 7.81. The Morgan fingerprint density at radius 3 is 2.75 bits per heavy atom. The first kappa shape index (κ1) is 15.5. The average molecular weight is 341 g/mol. The lowest BCUT2D eigenvalue weighted by Gasteiger charge is -2.24. The van der Waals surface area contributed by atoms with Crippen LogP contribution in [-0.2, 0) is 0 Å². The number of aromatic nitrogens is 2. The molecule has 4 nitrogen and oxygen atoms in total. The van der Waals surface area contributed by atoms with Crippen LogP contribution in [0.4, 0.5) is 11.6 Å². The lowest BCUT2D eigenvalue weighted by atomic mass is 9.97. The Morgan fingerprint density at radius 2 is 1.95 bits per heavy atom. The van der Waals surface area contributed by atoms with E-state index < -0.39 is 0 Å². The molecule has 0 amide bonds. The first-order valence-corrected chi connectivity index (χ1v) is 8.52. The summed E-state index contributed by atoms with van der Waals surface area (Å²) in [5.41, 5.74) is 0. The number of hydrogen-bond acceptors (Lipinski definition) is 4. The van der Waals surface area contributed by atoms with Crippen LogP contribution >= 0.6 is 15.9 Å². The molecule has 2 atom stereocenters. The minimum atomic E-state index is 0.516. The van der Waals surface area contributed by atoms with Crippen molar-refractivity contribution in [3.8, 4) is 0 Å². The molecule has 0 aliphatic heterocycles. The smallest absolute Gasteiger partial charge is 0.146 e. The molecule has 1 fully saturated rings. The van der Waals surface area contributed by atoms with Gasteiger partial charge < -0.3 is 10.6 Å². The van der Waals surface area contributed by atoms with Crippen molar-refractivity contribution in [1.29, 1.82) is 0 Å². The van der Waals surface area contributed by atoms with Gasteiger partial charge in [0, 0.05) is 12.6 Å². The van der Waals surface area contributed by atoms with Crippen molar-refractivity contribution in [3.63, 3.8) is 0 Å². The Kier molecular flexibility index (Phi) is 6.07. The molecular formula is C15H25BrN4. The fourth-order valence-corrected chi connectivity index (χ4v) is 3.18. The fraction of sp³-hybridized carbons (Fsp3) is 0.733. The third-order valence-electron chi connectivity index (χ3n) is 4.02. The van der Waals surface area contributed by atoms with Gasteiger partial charge in [0.15, 0.2) is 0 Å². The molecule has 5 heteroatoms. The van der Waals surface area contributed by atoms with Gasteiger partial charge in [-0.3, -0.25) is 0 Å². The van der Waals surface area contributed by atoms with E-state index in [4.69, 9.17) is 0 Å². The quantitative estimate of drug-likeness (QED) is 0.778. The average Bonchev–Trinajstić information content (AvgIpc) is 2.65. The molecule has 0 radical (unpaired) electrons. The molecule has 0 bridgehead atoms. The van der Waals surface area contributed by atoms with E-state index in [0.29, 0.717) is 12.0 Å². The molecule has 2 N–H and O–H groups in total. The van der Waals surface area contributed by atoms with Crippen LogP contribution in [0.3, 0.4) is 0 Å².